The van der Waals surface area contributed by atoms with Gasteiger partial charge in [-0.05, 0) is 52.8 Å². The van der Waals surface area contributed by atoms with E-state index in [1.165, 1.54) is 18.3 Å². The summed E-state index contributed by atoms with van der Waals surface area (Å²) in [6, 6.07) is 12.7. The second-order valence-corrected chi connectivity index (χ2v) is 9.66. The van der Waals surface area contributed by atoms with Gasteiger partial charge in [-0.1, -0.05) is 6.07 Å². The number of pyridine rings is 1. The molecular weight excluding hydrogens is 569 g/mol. The Labute approximate surface area is 242 Å². The summed E-state index contributed by atoms with van der Waals surface area (Å²) < 4.78 is 57.3. The van der Waals surface area contributed by atoms with Gasteiger partial charge in [0.25, 0.3) is 5.91 Å². The zero-order chi connectivity index (χ0) is 30.0. The Morgan fingerprint density at radius 2 is 1.86 bits per heavy atom. The lowest BCUT2D eigenvalue weighted by molar-refractivity contribution is -0.137. The van der Waals surface area contributed by atoms with Crippen LogP contribution in [0.1, 0.15) is 15.9 Å². The molecule has 1 amide bonds. The third-order valence-electron chi connectivity index (χ3n) is 6.83. The highest BCUT2D eigenvalue weighted by Gasteiger charge is 2.30. The molecule has 6 rings (SSSR count). The molecule has 1 aliphatic rings. The highest BCUT2D eigenvalue weighted by atomic mass is 19.4. The van der Waals surface area contributed by atoms with Gasteiger partial charge in [0, 0.05) is 43.5 Å². The number of hydrogen-bond acceptors (Lipinski definition) is 10. The predicted octanol–water partition coefficient (Wildman–Crippen LogP) is 3.93. The van der Waals surface area contributed by atoms with Crippen molar-refractivity contribution in [2.75, 3.05) is 45.1 Å². The minimum Gasteiger partial charge on any atom is -0.439 e. The smallest absolute Gasteiger partial charge is 0.416 e. The van der Waals surface area contributed by atoms with E-state index in [9.17, 15) is 18.0 Å². The van der Waals surface area contributed by atoms with E-state index in [1.54, 1.807) is 34.9 Å². The first kappa shape index (κ1) is 28.1. The number of nitrogens with zero attached hydrogens (tertiary/aromatic N) is 6. The minimum atomic E-state index is -4.50. The fourth-order valence-electron chi connectivity index (χ4n) is 4.66. The number of aromatic nitrogens is 5. The van der Waals surface area contributed by atoms with Crippen LogP contribution >= 0.6 is 0 Å². The van der Waals surface area contributed by atoms with Crippen LogP contribution in [0.4, 0.5) is 19.0 Å². The van der Waals surface area contributed by atoms with Gasteiger partial charge in [0.05, 0.1) is 30.5 Å². The van der Waals surface area contributed by atoms with Gasteiger partial charge in [0.1, 0.15) is 11.3 Å². The first-order valence-electron chi connectivity index (χ1n) is 13.3. The van der Waals surface area contributed by atoms with Gasteiger partial charge in [0.2, 0.25) is 5.88 Å². The van der Waals surface area contributed by atoms with Crippen molar-refractivity contribution in [3.63, 3.8) is 0 Å². The van der Waals surface area contributed by atoms with E-state index in [1.807, 2.05) is 0 Å². The normalized spacial score (nSPS) is 14.2. The van der Waals surface area contributed by atoms with Crippen molar-refractivity contribution in [2.45, 2.75) is 6.18 Å². The Balaban J connectivity index is 1.27. The van der Waals surface area contributed by atoms with Crippen LogP contribution in [-0.2, 0) is 10.9 Å². The van der Waals surface area contributed by atoms with E-state index < -0.39 is 11.7 Å². The number of halogens is 3. The Hall–Kier alpha value is -5.02. The van der Waals surface area contributed by atoms with E-state index in [2.05, 4.69) is 30.5 Å². The second kappa shape index (κ2) is 11.7. The molecule has 15 heteroatoms. The highest BCUT2D eigenvalue weighted by Crippen LogP contribution is 2.34. The summed E-state index contributed by atoms with van der Waals surface area (Å²) in [6.07, 6.45) is -3.06. The molecule has 3 N–H and O–H groups in total. The highest BCUT2D eigenvalue weighted by molar-refractivity contribution is 5.94. The van der Waals surface area contributed by atoms with Crippen LogP contribution in [0.15, 0.2) is 65.4 Å². The Morgan fingerprint density at radius 1 is 1.07 bits per heavy atom. The number of imidazole rings is 1. The van der Waals surface area contributed by atoms with Crippen molar-refractivity contribution in [1.82, 2.24) is 35.1 Å². The lowest BCUT2D eigenvalue weighted by Gasteiger charge is -2.26. The van der Waals surface area contributed by atoms with Crippen LogP contribution in [0.2, 0.25) is 0 Å². The summed E-state index contributed by atoms with van der Waals surface area (Å²) >= 11 is 0. The summed E-state index contributed by atoms with van der Waals surface area (Å²) in [7, 11) is 0. The number of nitrogens with two attached hydrogens (primary N) is 1. The van der Waals surface area contributed by atoms with Crippen LogP contribution in [0.3, 0.4) is 0 Å². The number of hydrogen-bond donors (Lipinski definition) is 2. The fourth-order valence-corrected chi connectivity index (χ4v) is 4.66. The molecule has 1 aliphatic heterocycles. The van der Waals surface area contributed by atoms with E-state index >= 15 is 0 Å². The van der Waals surface area contributed by atoms with Gasteiger partial charge in [0.15, 0.2) is 17.3 Å². The number of nitrogens with one attached hydrogen (secondary N) is 1. The Morgan fingerprint density at radius 3 is 2.58 bits per heavy atom. The maximum absolute atomic E-state index is 13.2. The van der Waals surface area contributed by atoms with Crippen molar-refractivity contribution >= 4 is 22.8 Å². The number of morpholine rings is 1. The van der Waals surface area contributed by atoms with Gasteiger partial charge >= 0.3 is 6.18 Å². The summed E-state index contributed by atoms with van der Waals surface area (Å²) in [5, 5.41) is 10.3. The first-order chi connectivity index (χ1) is 20.8. The van der Waals surface area contributed by atoms with Crippen molar-refractivity contribution in [3.05, 3.63) is 71.9 Å². The maximum atomic E-state index is 13.2. The van der Waals surface area contributed by atoms with Gasteiger partial charge in [-0.3, -0.25) is 14.3 Å². The Kier molecular flexibility index (Phi) is 7.65. The fraction of sp³-hybridized carbons (Fsp3) is 0.250. The molecule has 0 unspecified atom stereocenters. The predicted molar refractivity (Wildman–Crippen MR) is 148 cm³/mol. The quantitative estimate of drug-likeness (QED) is 0.271. The Bertz CT molecular complexity index is 1750. The molecule has 4 heterocycles. The lowest BCUT2D eigenvalue weighted by atomic mass is 10.2. The number of nitrogen functional groups attached to an aromatic ring is 1. The summed E-state index contributed by atoms with van der Waals surface area (Å²) in [5.41, 5.74) is 6.80. The standard InChI is InChI=1S/C28H25F3N8O4/c29-28(30,31)18-4-6-19(7-5-18)39-22-15-23(34-16-21(22)35-26(39)24-25(32)37-43-36-24)42-20-3-1-2-17(14-20)27(40)33-8-9-38-10-12-41-13-11-38/h1-7,14-16H,8-13H2,(H2,32,37)(H,33,40). The van der Waals surface area contributed by atoms with E-state index in [4.69, 9.17) is 19.8 Å². The topological polar surface area (TPSA) is 146 Å². The molecule has 1 saturated heterocycles. The summed E-state index contributed by atoms with van der Waals surface area (Å²) in [4.78, 5) is 23.8. The maximum Gasteiger partial charge on any atom is 0.416 e. The van der Waals surface area contributed by atoms with Gasteiger partial charge in [-0.15, -0.1) is 0 Å². The molecule has 2 aromatic carbocycles. The minimum absolute atomic E-state index is 0.0482. The molecule has 12 nitrogen and oxygen atoms in total. The molecule has 5 aromatic rings. The number of fused-ring (bicyclic) bond motifs is 1. The first-order valence-corrected chi connectivity index (χ1v) is 13.3. The number of alkyl halides is 3. The molecule has 1 fully saturated rings. The lowest BCUT2D eigenvalue weighted by Crippen LogP contribution is -2.41. The van der Waals surface area contributed by atoms with Crippen LogP contribution in [0, 0.1) is 0 Å². The van der Waals surface area contributed by atoms with Crippen molar-refractivity contribution in [1.29, 1.82) is 0 Å². The monoisotopic (exact) mass is 594 g/mol. The molecule has 222 valence electrons. The second-order valence-electron chi connectivity index (χ2n) is 9.66. The molecule has 0 radical (unpaired) electrons. The molecule has 0 atom stereocenters. The van der Waals surface area contributed by atoms with Gasteiger partial charge in [-0.2, -0.15) is 13.2 Å². The molecular formula is C28H25F3N8O4. The number of carbonyl (C=O) groups excluding carboxylic acids is 1. The molecule has 0 spiro atoms. The number of benzene rings is 2. The molecule has 43 heavy (non-hydrogen) atoms. The van der Waals surface area contributed by atoms with Crippen molar-refractivity contribution in [2.24, 2.45) is 0 Å². The van der Waals surface area contributed by atoms with E-state index in [0.717, 1.165) is 31.8 Å². The number of carbonyl (C=O) groups is 1. The number of rotatable bonds is 8. The van der Waals surface area contributed by atoms with Crippen molar-refractivity contribution in [3.8, 4) is 28.8 Å². The van der Waals surface area contributed by atoms with Crippen molar-refractivity contribution < 1.29 is 32.1 Å². The summed E-state index contributed by atoms with van der Waals surface area (Å²) in [6.45, 7) is 4.25. The average molecular weight is 595 g/mol. The zero-order valence-corrected chi connectivity index (χ0v) is 22.5. The number of amides is 1. The van der Waals surface area contributed by atoms with E-state index in [-0.39, 0.29) is 29.1 Å². The molecule has 0 aliphatic carbocycles. The molecule has 0 saturated carbocycles. The zero-order valence-electron chi connectivity index (χ0n) is 22.5. The SMILES string of the molecule is Nc1nonc1-c1nc2cnc(Oc3cccc(C(=O)NCCN4CCOCC4)c3)cc2n1-c1ccc(C(F)(F)F)cc1. The molecule has 0 bridgehead atoms. The third kappa shape index (κ3) is 6.12. The largest absolute Gasteiger partial charge is 0.439 e. The average Bonchev–Trinajstić information content (AvgIpc) is 3.60. The van der Waals surface area contributed by atoms with Crippen LogP contribution in [0.25, 0.3) is 28.2 Å². The van der Waals surface area contributed by atoms with Gasteiger partial charge in [-0.25, -0.2) is 14.6 Å². The number of ether oxygens (including phenoxy) is 2. The van der Waals surface area contributed by atoms with Crippen LogP contribution < -0.4 is 15.8 Å². The van der Waals surface area contributed by atoms with Crippen LogP contribution in [-0.4, -0.2) is 75.0 Å². The van der Waals surface area contributed by atoms with Gasteiger partial charge < -0.3 is 20.5 Å². The third-order valence-corrected chi connectivity index (χ3v) is 6.83. The van der Waals surface area contributed by atoms with Crippen LogP contribution in [0.5, 0.6) is 11.6 Å². The number of anilines is 1. The van der Waals surface area contributed by atoms with E-state index in [0.29, 0.717) is 47.8 Å². The molecule has 3 aromatic heterocycles. The summed E-state index contributed by atoms with van der Waals surface area (Å²) in [5.74, 6) is 0.406.